The Morgan fingerprint density at radius 3 is 2.76 bits per heavy atom. The number of hydrogen-bond acceptors (Lipinski definition) is 5. The first-order valence-electron chi connectivity index (χ1n) is 4.93. The molecule has 0 saturated carbocycles. The summed E-state index contributed by atoms with van der Waals surface area (Å²) in [7, 11) is 1.20. The molecule has 2 atom stereocenters. The van der Waals surface area contributed by atoms with Gasteiger partial charge < -0.3 is 20.7 Å². The minimum Gasteiger partial charge on any atom is -0.469 e. The Bertz CT molecular complexity index is 410. The highest BCUT2D eigenvalue weighted by molar-refractivity contribution is 6.31. The number of anilines is 1. The van der Waals surface area contributed by atoms with Crippen LogP contribution in [0.25, 0.3) is 0 Å². The number of nitrogens with two attached hydrogens (primary N) is 1. The number of esters is 1. The van der Waals surface area contributed by atoms with Crippen molar-refractivity contribution in [2.24, 2.45) is 0 Å². The number of hydrogen-bond donors (Lipinski definition) is 3. The minimum absolute atomic E-state index is 0.274. The molecule has 0 amide bonds. The molecule has 0 aliphatic carbocycles. The van der Waals surface area contributed by atoms with Gasteiger partial charge in [0, 0.05) is 16.3 Å². The summed E-state index contributed by atoms with van der Waals surface area (Å²) < 4.78 is 4.39. The van der Waals surface area contributed by atoms with E-state index < -0.39 is 18.2 Å². The van der Waals surface area contributed by atoms with Crippen molar-refractivity contribution in [1.82, 2.24) is 0 Å². The van der Waals surface area contributed by atoms with E-state index in [2.05, 4.69) is 4.74 Å². The van der Waals surface area contributed by atoms with Crippen molar-refractivity contribution in [3.63, 3.8) is 0 Å². The zero-order chi connectivity index (χ0) is 13.0. The molecule has 6 heteroatoms. The smallest absolute Gasteiger partial charge is 0.308 e. The van der Waals surface area contributed by atoms with Crippen LogP contribution in [-0.4, -0.2) is 29.4 Å². The SMILES string of the molecule is COC(=O)CC(O)C(O)c1cc(N)ccc1Cl. The van der Waals surface area contributed by atoms with Crippen LogP contribution in [-0.2, 0) is 9.53 Å². The largest absolute Gasteiger partial charge is 0.469 e. The average molecular weight is 260 g/mol. The van der Waals surface area contributed by atoms with Gasteiger partial charge in [0.25, 0.3) is 0 Å². The maximum absolute atomic E-state index is 11.0. The predicted molar refractivity (Wildman–Crippen MR) is 63.5 cm³/mol. The number of ether oxygens (including phenoxy) is 1. The highest BCUT2D eigenvalue weighted by atomic mass is 35.5. The Morgan fingerprint density at radius 2 is 2.18 bits per heavy atom. The van der Waals surface area contributed by atoms with Gasteiger partial charge in [0.2, 0.25) is 0 Å². The van der Waals surface area contributed by atoms with Crippen LogP contribution in [0.2, 0.25) is 5.02 Å². The van der Waals surface area contributed by atoms with E-state index >= 15 is 0 Å². The second-order valence-corrected chi connectivity index (χ2v) is 3.98. The molecule has 0 heterocycles. The summed E-state index contributed by atoms with van der Waals surface area (Å²) in [6, 6.07) is 4.54. The number of carbonyl (C=O) groups excluding carboxylic acids is 1. The number of carbonyl (C=O) groups is 1. The second kappa shape index (κ2) is 5.86. The van der Waals surface area contributed by atoms with Gasteiger partial charge in [-0.2, -0.15) is 0 Å². The fourth-order valence-electron chi connectivity index (χ4n) is 1.36. The lowest BCUT2D eigenvalue weighted by molar-refractivity contribution is -0.144. The summed E-state index contributed by atoms with van der Waals surface area (Å²) in [5.74, 6) is -0.614. The van der Waals surface area contributed by atoms with E-state index in [1.807, 2.05) is 0 Å². The quantitative estimate of drug-likeness (QED) is 0.551. The van der Waals surface area contributed by atoms with Gasteiger partial charge in [-0.25, -0.2) is 0 Å². The molecule has 0 bridgehead atoms. The van der Waals surface area contributed by atoms with Crippen molar-refractivity contribution in [2.75, 3.05) is 12.8 Å². The van der Waals surface area contributed by atoms with Crippen molar-refractivity contribution in [1.29, 1.82) is 0 Å². The number of aliphatic hydroxyl groups is 2. The van der Waals surface area contributed by atoms with Crippen molar-refractivity contribution >= 4 is 23.3 Å². The zero-order valence-electron chi connectivity index (χ0n) is 9.26. The van der Waals surface area contributed by atoms with Gasteiger partial charge >= 0.3 is 5.97 Å². The normalized spacial score (nSPS) is 14.1. The Kier molecular flexibility index (Phi) is 4.74. The molecule has 4 N–H and O–H groups in total. The number of halogens is 1. The Balaban J connectivity index is 2.84. The van der Waals surface area contributed by atoms with Gasteiger partial charge in [0.1, 0.15) is 6.10 Å². The number of benzene rings is 1. The first-order valence-corrected chi connectivity index (χ1v) is 5.31. The van der Waals surface area contributed by atoms with Gasteiger partial charge in [0.15, 0.2) is 0 Å². The third kappa shape index (κ3) is 3.59. The molecule has 1 rings (SSSR count). The summed E-state index contributed by atoms with van der Waals surface area (Å²) in [4.78, 5) is 11.0. The van der Waals surface area contributed by atoms with Crippen LogP contribution in [0.3, 0.4) is 0 Å². The summed E-state index contributed by atoms with van der Waals surface area (Å²) in [6.07, 6.45) is -2.89. The van der Waals surface area contributed by atoms with E-state index in [0.29, 0.717) is 5.69 Å². The summed E-state index contributed by atoms with van der Waals surface area (Å²) in [5, 5.41) is 19.8. The molecular weight excluding hydrogens is 246 g/mol. The van der Waals surface area contributed by atoms with Crippen molar-refractivity contribution in [2.45, 2.75) is 18.6 Å². The van der Waals surface area contributed by atoms with Crippen LogP contribution in [0.1, 0.15) is 18.1 Å². The molecule has 0 aromatic heterocycles. The molecule has 5 nitrogen and oxygen atoms in total. The number of rotatable bonds is 4. The fourth-order valence-corrected chi connectivity index (χ4v) is 1.59. The van der Waals surface area contributed by atoms with Crippen LogP contribution in [0.15, 0.2) is 18.2 Å². The number of methoxy groups -OCH3 is 1. The maximum atomic E-state index is 11.0. The molecule has 0 radical (unpaired) electrons. The molecule has 94 valence electrons. The van der Waals surface area contributed by atoms with Gasteiger partial charge in [-0.15, -0.1) is 0 Å². The summed E-state index contributed by atoms with van der Waals surface area (Å²) in [5.41, 5.74) is 6.24. The molecule has 0 aliphatic heterocycles. The maximum Gasteiger partial charge on any atom is 0.308 e. The van der Waals surface area contributed by atoms with E-state index in [-0.39, 0.29) is 17.0 Å². The molecule has 0 aliphatic rings. The first-order chi connectivity index (χ1) is 7.95. The Morgan fingerprint density at radius 1 is 1.53 bits per heavy atom. The number of aliphatic hydroxyl groups excluding tert-OH is 2. The first kappa shape index (κ1) is 13.8. The van der Waals surface area contributed by atoms with E-state index in [1.54, 1.807) is 6.07 Å². The molecule has 1 aromatic carbocycles. The van der Waals surface area contributed by atoms with Crippen LogP contribution in [0, 0.1) is 0 Å². The molecule has 2 unspecified atom stereocenters. The average Bonchev–Trinajstić information content (AvgIpc) is 2.31. The standard InChI is InChI=1S/C11H14ClNO4/c1-17-10(15)5-9(14)11(16)7-4-6(13)2-3-8(7)12/h2-4,9,11,14,16H,5,13H2,1H3. The predicted octanol–water partition coefficient (Wildman–Crippen LogP) is 0.880. The monoisotopic (exact) mass is 259 g/mol. The molecule has 1 aromatic rings. The van der Waals surface area contributed by atoms with E-state index in [4.69, 9.17) is 17.3 Å². The molecule has 0 saturated heterocycles. The lowest BCUT2D eigenvalue weighted by Crippen LogP contribution is -2.23. The summed E-state index contributed by atoms with van der Waals surface area (Å²) in [6.45, 7) is 0. The fraction of sp³-hybridized carbons (Fsp3) is 0.364. The molecule has 0 spiro atoms. The lowest BCUT2D eigenvalue weighted by atomic mass is 10.0. The zero-order valence-corrected chi connectivity index (χ0v) is 10.0. The van der Waals surface area contributed by atoms with Crippen LogP contribution in [0.5, 0.6) is 0 Å². The highest BCUT2D eigenvalue weighted by Crippen LogP contribution is 2.28. The molecular formula is C11H14ClNO4. The second-order valence-electron chi connectivity index (χ2n) is 3.57. The van der Waals surface area contributed by atoms with E-state index in [0.717, 1.165) is 0 Å². The van der Waals surface area contributed by atoms with Crippen LogP contribution < -0.4 is 5.73 Å². The van der Waals surface area contributed by atoms with E-state index in [9.17, 15) is 15.0 Å². The van der Waals surface area contributed by atoms with Crippen LogP contribution in [0.4, 0.5) is 5.69 Å². The van der Waals surface area contributed by atoms with Crippen molar-refractivity contribution in [3.8, 4) is 0 Å². The van der Waals surface area contributed by atoms with E-state index in [1.165, 1.54) is 19.2 Å². The highest BCUT2D eigenvalue weighted by Gasteiger charge is 2.23. The van der Waals surface area contributed by atoms with Crippen LogP contribution >= 0.6 is 11.6 Å². The Hall–Kier alpha value is -1.30. The summed E-state index contributed by atoms with van der Waals surface area (Å²) >= 11 is 5.86. The lowest BCUT2D eigenvalue weighted by Gasteiger charge is -2.18. The number of nitrogen functional groups attached to an aromatic ring is 1. The van der Waals surface area contributed by atoms with Gasteiger partial charge in [0.05, 0.1) is 19.6 Å². The third-order valence-corrected chi connectivity index (χ3v) is 2.65. The Labute approximate surface area is 104 Å². The molecule has 17 heavy (non-hydrogen) atoms. The third-order valence-electron chi connectivity index (χ3n) is 2.31. The van der Waals surface area contributed by atoms with Gasteiger partial charge in [-0.1, -0.05) is 11.6 Å². The molecule has 0 fully saturated rings. The minimum atomic E-state index is -1.29. The van der Waals surface area contributed by atoms with Gasteiger partial charge in [-0.3, -0.25) is 4.79 Å². The van der Waals surface area contributed by atoms with Gasteiger partial charge in [-0.05, 0) is 18.2 Å². The van der Waals surface area contributed by atoms with Crippen molar-refractivity contribution < 1.29 is 19.7 Å². The van der Waals surface area contributed by atoms with Crippen molar-refractivity contribution in [3.05, 3.63) is 28.8 Å². The topological polar surface area (TPSA) is 92.8 Å².